The zero-order valence-electron chi connectivity index (χ0n) is 18.6. The Balaban J connectivity index is 1.56. The largest absolute Gasteiger partial charge is 0.489 e. The van der Waals surface area contributed by atoms with Gasteiger partial charge < -0.3 is 10.1 Å². The minimum absolute atomic E-state index is 0.288. The van der Waals surface area contributed by atoms with Crippen LogP contribution >= 0.6 is 0 Å². The molecule has 3 aromatic rings. The normalized spacial score (nSPS) is 10.8. The second kappa shape index (κ2) is 11.6. The minimum Gasteiger partial charge on any atom is -0.489 e. The van der Waals surface area contributed by atoms with Gasteiger partial charge in [-0.1, -0.05) is 56.3 Å². The average molecular weight is 448 g/mol. The molecule has 0 saturated carbocycles. The quantitative estimate of drug-likeness (QED) is 0.300. The van der Waals surface area contributed by atoms with Crippen molar-refractivity contribution in [3.8, 4) is 5.75 Å². The summed E-state index contributed by atoms with van der Waals surface area (Å²) < 4.78 is 18.7. The summed E-state index contributed by atoms with van der Waals surface area (Å²) in [5.74, 6) is -1.34. The average Bonchev–Trinajstić information content (AvgIpc) is 2.84. The summed E-state index contributed by atoms with van der Waals surface area (Å²) in [5, 5.41) is 6.58. The van der Waals surface area contributed by atoms with Gasteiger partial charge in [0, 0.05) is 5.69 Å². The molecule has 2 amide bonds. The van der Waals surface area contributed by atoms with Crippen LogP contribution in [0.15, 0.2) is 71.8 Å². The fraction of sp³-hybridized carbons (Fsp3) is 0.192. The standard InChI is InChI=1S/C26H26FN3O3/c1-3-20-8-6-9-21(4-2)24(20)29-25(31)26(32)30-28-16-19-7-5-10-23(15-19)33-17-18-11-13-22(27)14-12-18/h5-16H,3-4,17H2,1-2H3,(H,29,31)(H,30,32)/b28-16-. The zero-order chi connectivity index (χ0) is 23.6. The number of nitrogens with one attached hydrogen (secondary N) is 2. The van der Waals surface area contributed by atoms with Crippen molar-refractivity contribution in [3.05, 3.63) is 94.8 Å². The Morgan fingerprint density at radius 3 is 2.27 bits per heavy atom. The van der Waals surface area contributed by atoms with Crippen molar-refractivity contribution in [2.24, 2.45) is 5.10 Å². The number of para-hydroxylation sites is 1. The molecule has 2 N–H and O–H groups in total. The number of ether oxygens (including phenoxy) is 1. The van der Waals surface area contributed by atoms with E-state index in [4.69, 9.17) is 4.74 Å². The number of amides is 2. The van der Waals surface area contributed by atoms with Gasteiger partial charge in [-0.05, 0) is 59.4 Å². The first-order chi connectivity index (χ1) is 16.0. The van der Waals surface area contributed by atoms with Crippen LogP contribution in [0.2, 0.25) is 0 Å². The number of anilines is 1. The van der Waals surface area contributed by atoms with E-state index in [1.807, 2.05) is 32.0 Å². The summed E-state index contributed by atoms with van der Waals surface area (Å²) in [5.41, 5.74) is 6.38. The summed E-state index contributed by atoms with van der Waals surface area (Å²) in [7, 11) is 0. The fourth-order valence-electron chi connectivity index (χ4n) is 3.22. The first-order valence-corrected chi connectivity index (χ1v) is 10.7. The molecule has 0 atom stereocenters. The first kappa shape index (κ1) is 23.7. The van der Waals surface area contributed by atoms with Gasteiger partial charge in [0.1, 0.15) is 18.2 Å². The molecule has 0 radical (unpaired) electrons. The molecule has 0 aromatic heterocycles. The number of rotatable bonds is 8. The molecular weight excluding hydrogens is 421 g/mol. The van der Waals surface area contributed by atoms with E-state index in [0.717, 1.165) is 29.5 Å². The molecule has 170 valence electrons. The van der Waals surface area contributed by atoms with E-state index in [0.29, 0.717) is 17.0 Å². The van der Waals surface area contributed by atoms with Crippen LogP contribution in [0.4, 0.5) is 10.1 Å². The zero-order valence-corrected chi connectivity index (χ0v) is 18.6. The van der Waals surface area contributed by atoms with Gasteiger partial charge in [0.05, 0.1) is 6.21 Å². The van der Waals surface area contributed by atoms with E-state index in [1.165, 1.54) is 18.3 Å². The van der Waals surface area contributed by atoms with E-state index in [-0.39, 0.29) is 12.4 Å². The van der Waals surface area contributed by atoms with Crippen LogP contribution in [0.3, 0.4) is 0 Å². The molecule has 0 unspecified atom stereocenters. The maximum absolute atomic E-state index is 13.0. The van der Waals surface area contributed by atoms with Crippen LogP contribution in [0, 0.1) is 5.82 Å². The molecule has 0 bridgehead atoms. The molecule has 3 rings (SSSR count). The van der Waals surface area contributed by atoms with E-state index >= 15 is 0 Å². The SMILES string of the molecule is CCc1cccc(CC)c1NC(=O)C(=O)N/N=C\c1cccc(OCc2ccc(F)cc2)c1. The highest BCUT2D eigenvalue weighted by atomic mass is 19.1. The molecule has 0 aliphatic carbocycles. The second-order valence-corrected chi connectivity index (χ2v) is 7.30. The van der Waals surface area contributed by atoms with Crippen LogP contribution in [0.1, 0.15) is 36.1 Å². The van der Waals surface area contributed by atoms with Crippen molar-refractivity contribution in [2.45, 2.75) is 33.3 Å². The lowest BCUT2D eigenvalue weighted by Gasteiger charge is -2.13. The van der Waals surface area contributed by atoms with Gasteiger partial charge in [0.2, 0.25) is 0 Å². The predicted molar refractivity (Wildman–Crippen MR) is 127 cm³/mol. The molecule has 33 heavy (non-hydrogen) atoms. The van der Waals surface area contributed by atoms with Crippen molar-refractivity contribution < 1.29 is 18.7 Å². The number of carbonyl (C=O) groups excluding carboxylic acids is 2. The number of nitrogens with zero attached hydrogens (tertiary/aromatic N) is 1. The molecule has 0 fully saturated rings. The molecule has 0 aliphatic heterocycles. The number of halogens is 1. The van der Waals surface area contributed by atoms with Gasteiger partial charge in [-0.3, -0.25) is 9.59 Å². The van der Waals surface area contributed by atoms with Crippen LogP contribution < -0.4 is 15.5 Å². The third-order valence-corrected chi connectivity index (χ3v) is 5.00. The summed E-state index contributed by atoms with van der Waals surface area (Å²) in [6.45, 7) is 4.27. The van der Waals surface area contributed by atoms with Gasteiger partial charge in [0.25, 0.3) is 0 Å². The molecule has 0 aliphatic rings. The van der Waals surface area contributed by atoms with Crippen LogP contribution in [-0.2, 0) is 29.0 Å². The van der Waals surface area contributed by atoms with Crippen molar-refractivity contribution >= 4 is 23.7 Å². The fourth-order valence-corrected chi connectivity index (χ4v) is 3.22. The van der Waals surface area contributed by atoms with Crippen molar-refractivity contribution in [2.75, 3.05) is 5.32 Å². The molecule has 6 nitrogen and oxygen atoms in total. The lowest BCUT2D eigenvalue weighted by Crippen LogP contribution is -2.33. The number of carbonyl (C=O) groups is 2. The highest BCUT2D eigenvalue weighted by Crippen LogP contribution is 2.22. The van der Waals surface area contributed by atoms with Gasteiger partial charge in [0.15, 0.2) is 0 Å². The Morgan fingerprint density at radius 2 is 1.61 bits per heavy atom. The number of hydrogen-bond acceptors (Lipinski definition) is 4. The molecule has 7 heteroatoms. The number of benzene rings is 3. The third kappa shape index (κ3) is 6.74. The van der Waals surface area contributed by atoms with Crippen LogP contribution in [0.25, 0.3) is 0 Å². The summed E-state index contributed by atoms with van der Waals surface area (Å²) in [6, 6.07) is 19.0. The van der Waals surface area contributed by atoms with Gasteiger partial charge >= 0.3 is 11.8 Å². The van der Waals surface area contributed by atoms with E-state index < -0.39 is 11.8 Å². The Hall–Kier alpha value is -4.00. The number of hydrogen-bond donors (Lipinski definition) is 2. The lowest BCUT2D eigenvalue weighted by molar-refractivity contribution is -0.136. The maximum Gasteiger partial charge on any atom is 0.329 e. The molecule has 0 spiro atoms. The van der Waals surface area contributed by atoms with Gasteiger partial charge in [-0.25, -0.2) is 9.82 Å². The molecule has 3 aromatic carbocycles. The number of hydrazone groups is 1. The Kier molecular flexibility index (Phi) is 8.30. The molecule has 0 saturated heterocycles. The molecule has 0 heterocycles. The Morgan fingerprint density at radius 1 is 0.939 bits per heavy atom. The third-order valence-electron chi connectivity index (χ3n) is 5.00. The summed E-state index contributed by atoms with van der Waals surface area (Å²) in [4.78, 5) is 24.5. The van der Waals surface area contributed by atoms with Crippen LogP contribution in [-0.4, -0.2) is 18.0 Å². The highest BCUT2D eigenvalue weighted by molar-refractivity contribution is 6.39. The van der Waals surface area contributed by atoms with Crippen molar-refractivity contribution in [1.82, 2.24) is 5.43 Å². The highest BCUT2D eigenvalue weighted by Gasteiger charge is 2.16. The number of aryl methyl sites for hydroxylation is 2. The molecular formula is C26H26FN3O3. The predicted octanol–water partition coefficient (Wildman–Crippen LogP) is 4.62. The summed E-state index contributed by atoms with van der Waals surface area (Å²) in [6.07, 6.45) is 2.90. The topological polar surface area (TPSA) is 79.8 Å². The maximum atomic E-state index is 13.0. The monoisotopic (exact) mass is 447 g/mol. The Labute approximate surface area is 192 Å². The second-order valence-electron chi connectivity index (χ2n) is 7.30. The van der Waals surface area contributed by atoms with Gasteiger partial charge in [-0.15, -0.1) is 0 Å². The smallest absolute Gasteiger partial charge is 0.329 e. The minimum atomic E-state index is -0.858. The van der Waals surface area contributed by atoms with E-state index in [2.05, 4.69) is 15.8 Å². The van der Waals surface area contributed by atoms with E-state index in [1.54, 1.807) is 36.4 Å². The Bertz CT molecular complexity index is 1120. The lowest BCUT2D eigenvalue weighted by atomic mass is 10.0. The van der Waals surface area contributed by atoms with E-state index in [9.17, 15) is 14.0 Å². The van der Waals surface area contributed by atoms with Crippen molar-refractivity contribution in [1.29, 1.82) is 0 Å². The first-order valence-electron chi connectivity index (χ1n) is 10.7. The van der Waals surface area contributed by atoms with Crippen molar-refractivity contribution in [3.63, 3.8) is 0 Å². The van der Waals surface area contributed by atoms with Crippen LogP contribution in [0.5, 0.6) is 5.75 Å². The summed E-state index contributed by atoms with van der Waals surface area (Å²) >= 11 is 0. The van der Waals surface area contributed by atoms with Gasteiger partial charge in [-0.2, -0.15) is 5.10 Å².